The third-order valence-electron chi connectivity index (χ3n) is 3.76. The van der Waals surface area contributed by atoms with Crippen LogP contribution in [0.4, 0.5) is 0 Å². The summed E-state index contributed by atoms with van der Waals surface area (Å²) in [5.41, 5.74) is 2.69. The Morgan fingerprint density at radius 1 is 1.47 bits per heavy atom. The maximum Gasteiger partial charge on any atom is 0.119 e. The molecule has 94 valence electrons. The van der Waals surface area contributed by atoms with Gasteiger partial charge in [0.05, 0.1) is 13.2 Å². The van der Waals surface area contributed by atoms with Gasteiger partial charge in [0, 0.05) is 5.92 Å². The first-order valence-electron chi connectivity index (χ1n) is 6.61. The Morgan fingerprint density at radius 3 is 3.00 bits per heavy atom. The Balaban J connectivity index is 2.25. The number of aryl methyl sites for hydroxylation is 1. The summed E-state index contributed by atoms with van der Waals surface area (Å²) in [6, 6.07) is 6.27. The summed E-state index contributed by atoms with van der Waals surface area (Å²) in [4.78, 5) is 0. The van der Waals surface area contributed by atoms with Crippen molar-refractivity contribution in [3.8, 4) is 5.75 Å². The molecule has 2 rings (SSSR count). The zero-order valence-corrected chi connectivity index (χ0v) is 10.8. The highest BCUT2D eigenvalue weighted by Gasteiger charge is 2.26. The van der Waals surface area contributed by atoms with Crippen molar-refractivity contribution in [2.24, 2.45) is 0 Å². The molecule has 2 atom stereocenters. The molecule has 0 fully saturated rings. The molecule has 1 aromatic carbocycles. The van der Waals surface area contributed by atoms with Gasteiger partial charge in [0.15, 0.2) is 0 Å². The SMILES string of the molecule is CCCC(O)C1CCCc2cc(OC)ccc21. The average Bonchev–Trinajstić information content (AvgIpc) is 2.37. The van der Waals surface area contributed by atoms with Gasteiger partial charge in [-0.3, -0.25) is 0 Å². The summed E-state index contributed by atoms with van der Waals surface area (Å²) in [6.07, 6.45) is 5.15. The molecular weight excluding hydrogens is 212 g/mol. The molecule has 17 heavy (non-hydrogen) atoms. The number of aliphatic hydroxyl groups is 1. The second-order valence-electron chi connectivity index (χ2n) is 4.92. The number of hydrogen-bond acceptors (Lipinski definition) is 2. The molecule has 0 aromatic heterocycles. The predicted octanol–water partition coefficient (Wildman–Crippen LogP) is 3.28. The Kier molecular flexibility index (Phi) is 4.06. The number of fused-ring (bicyclic) bond motifs is 1. The molecule has 1 aromatic rings. The minimum absolute atomic E-state index is 0.188. The first-order valence-corrected chi connectivity index (χ1v) is 6.61. The molecule has 1 aliphatic rings. The molecular formula is C15H22O2. The Morgan fingerprint density at radius 2 is 2.29 bits per heavy atom. The molecule has 2 unspecified atom stereocenters. The summed E-state index contributed by atoms with van der Waals surface area (Å²) in [5.74, 6) is 1.25. The molecule has 1 aliphatic carbocycles. The van der Waals surface area contributed by atoms with E-state index in [1.54, 1.807) is 7.11 Å². The highest BCUT2D eigenvalue weighted by atomic mass is 16.5. The Labute approximate surface area is 104 Å². The molecule has 0 saturated carbocycles. The normalized spacial score (nSPS) is 20.8. The van der Waals surface area contributed by atoms with Crippen LogP contribution in [0.15, 0.2) is 18.2 Å². The van der Waals surface area contributed by atoms with Crippen molar-refractivity contribution < 1.29 is 9.84 Å². The van der Waals surface area contributed by atoms with Crippen LogP contribution in [-0.4, -0.2) is 18.3 Å². The van der Waals surface area contributed by atoms with Crippen LogP contribution in [0.2, 0.25) is 0 Å². The molecule has 2 nitrogen and oxygen atoms in total. The van der Waals surface area contributed by atoms with Gasteiger partial charge < -0.3 is 9.84 Å². The molecule has 0 amide bonds. The van der Waals surface area contributed by atoms with Crippen molar-refractivity contribution in [3.05, 3.63) is 29.3 Å². The maximum atomic E-state index is 10.2. The van der Waals surface area contributed by atoms with Crippen LogP contribution in [0.25, 0.3) is 0 Å². The van der Waals surface area contributed by atoms with Gasteiger partial charge in [0.25, 0.3) is 0 Å². The molecule has 0 heterocycles. The lowest BCUT2D eigenvalue weighted by Crippen LogP contribution is -2.22. The Hall–Kier alpha value is -1.02. The van der Waals surface area contributed by atoms with Crippen molar-refractivity contribution in [2.75, 3.05) is 7.11 Å². The molecule has 0 aliphatic heterocycles. The molecule has 0 radical (unpaired) electrons. The summed E-state index contributed by atoms with van der Waals surface area (Å²) < 4.78 is 5.26. The average molecular weight is 234 g/mol. The lowest BCUT2D eigenvalue weighted by atomic mass is 9.78. The van der Waals surface area contributed by atoms with Crippen LogP contribution in [0.1, 0.15) is 49.7 Å². The van der Waals surface area contributed by atoms with Gasteiger partial charge in [-0.25, -0.2) is 0 Å². The van der Waals surface area contributed by atoms with E-state index in [9.17, 15) is 5.11 Å². The smallest absolute Gasteiger partial charge is 0.119 e. The van der Waals surface area contributed by atoms with Crippen LogP contribution >= 0.6 is 0 Å². The summed E-state index contributed by atoms with van der Waals surface area (Å²) >= 11 is 0. The summed E-state index contributed by atoms with van der Waals surface area (Å²) in [5, 5.41) is 10.2. The standard InChI is InChI=1S/C15H22O2/c1-3-5-15(16)14-7-4-6-11-10-12(17-2)8-9-13(11)14/h8-10,14-16H,3-7H2,1-2H3. The van der Waals surface area contributed by atoms with Gasteiger partial charge in [-0.05, 0) is 48.9 Å². The van der Waals surface area contributed by atoms with E-state index in [1.165, 1.54) is 17.5 Å². The van der Waals surface area contributed by atoms with Crippen LogP contribution in [-0.2, 0) is 6.42 Å². The maximum absolute atomic E-state index is 10.2. The van der Waals surface area contributed by atoms with Gasteiger partial charge in [-0.2, -0.15) is 0 Å². The van der Waals surface area contributed by atoms with E-state index >= 15 is 0 Å². The van der Waals surface area contributed by atoms with Crippen LogP contribution in [0.5, 0.6) is 5.75 Å². The van der Waals surface area contributed by atoms with Crippen molar-refractivity contribution in [1.29, 1.82) is 0 Å². The predicted molar refractivity (Wildman–Crippen MR) is 69.6 cm³/mol. The van der Waals surface area contributed by atoms with E-state index in [2.05, 4.69) is 19.1 Å². The van der Waals surface area contributed by atoms with E-state index in [4.69, 9.17) is 4.74 Å². The minimum atomic E-state index is -0.188. The highest BCUT2D eigenvalue weighted by Crippen LogP contribution is 2.36. The van der Waals surface area contributed by atoms with Gasteiger partial charge in [-0.15, -0.1) is 0 Å². The highest BCUT2D eigenvalue weighted by molar-refractivity contribution is 5.39. The fourth-order valence-corrected chi connectivity index (χ4v) is 2.85. The number of benzene rings is 1. The zero-order chi connectivity index (χ0) is 12.3. The van der Waals surface area contributed by atoms with E-state index in [0.717, 1.165) is 31.4 Å². The summed E-state index contributed by atoms with van der Waals surface area (Å²) in [6.45, 7) is 2.13. The fourth-order valence-electron chi connectivity index (χ4n) is 2.85. The monoisotopic (exact) mass is 234 g/mol. The van der Waals surface area contributed by atoms with Crippen molar-refractivity contribution in [2.45, 2.75) is 51.0 Å². The van der Waals surface area contributed by atoms with E-state index in [1.807, 2.05) is 6.07 Å². The van der Waals surface area contributed by atoms with E-state index < -0.39 is 0 Å². The van der Waals surface area contributed by atoms with Crippen LogP contribution in [0.3, 0.4) is 0 Å². The zero-order valence-electron chi connectivity index (χ0n) is 10.8. The number of methoxy groups -OCH3 is 1. The lowest BCUT2D eigenvalue weighted by molar-refractivity contribution is 0.124. The van der Waals surface area contributed by atoms with Crippen LogP contribution in [0, 0.1) is 0 Å². The van der Waals surface area contributed by atoms with Crippen molar-refractivity contribution >= 4 is 0 Å². The minimum Gasteiger partial charge on any atom is -0.497 e. The summed E-state index contributed by atoms with van der Waals surface area (Å²) in [7, 11) is 1.70. The number of ether oxygens (including phenoxy) is 1. The second-order valence-corrected chi connectivity index (χ2v) is 4.92. The van der Waals surface area contributed by atoms with E-state index in [-0.39, 0.29) is 6.10 Å². The molecule has 2 heteroatoms. The third kappa shape index (κ3) is 2.63. The first-order chi connectivity index (χ1) is 8.26. The van der Waals surface area contributed by atoms with Gasteiger partial charge in [-0.1, -0.05) is 19.4 Å². The second kappa shape index (κ2) is 5.54. The van der Waals surface area contributed by atoms with Gasteiger partial charge in [0.1, 0.15) is 5.75 Å². The molecule has 0 spiro atoms. The first kappa shape index (κ1) is 12.4. The topological polar surface area (TPSA) is 29.5 Å². The third-order valence-corrected chi connectivity index (χ3v) is 3.76. The van der Waals surface area contributed by atoms with Crippen LogP contribution < -0.4 is 4.74 Å². The van der Waals surface area contributed by atoms with Gasteiger partial charge in [0.2, 0.25) is 0 Å². The van der Waals surface area contributed by atoms with Crippen molar-refractivity contribution in [1.82, 2.24) is 0 Å². The largest absolute Gasteiger partial charge is 0.497 e. The molecule has 0 saturated heterocycles. The fraction of sp³-hybridized carbons (Fsp3) is 0.600. The number of aliphatic hydroxyl groups excluding tert-OH is 1. The van der Waals surface area contributed by atoms with E-state index in [0.29, 0.717) is 5.92 Å². The van der Waals surface area contributed by atoms with Gasteiger partial charge >= 0.3 is 0 Å². The number of hydrogen-bond donors (Lipinski definition) is 1. The Bertz CT molecular complexity index is 373. The van der Waals surface area contributed by atoms with Crippen molar-refractivity contribution in [3.63, 3.8) is 0 Å². The quantitative estimate of drug-likeness (QED) is 0.866. The lowest BCUT2D eigenvalue weighted by Gasteiger charge is -2.29. The molecule has 1 N–H and O–H groups in total. The molecule has 0 bridgehead atoms. The number of rotatable bonds is 4.